The highest BCUT2D eigenvalue weighted by atomic mass is 28.4. The fraction of sp³-hybridized carbons (Fsp3) is 0.923. The van der Waals surface area contributed by atoms with E-state index >= 15 is 0 Å². The lowest BCUT2D eigenvalue weighted by Gasteiger charge is -2.29. The zero-order chi connectivity index (χ0) is 21.5. The second-order valence-corrected chi connectivity index (χ2v) is 12.2. The Labute approximate surface area is 185 Å². The molecule has 0 amide bonds. The number of unbranched alkanes of at least 4 members (excludes halogenated alkanes) is 13. The Kier molecular flexibility index (Phi) is 22.1. The topological polar surface area (TPSA) is 18.5 Å². The van der Waals surface area contributed by atoms with Crippen LogP contribution in [-0.4, -0.2) is 21.8 Å². The van der Waals surface area contributed by atoms with Gasteiger partial charge in [0.2, 0.25) is 0 Å². The minimum atomic E-state index is -1.94. The predicted molar refractivity (Wildman–Crippen MR) is 132 cm³/mol. The summed E-state index contributed by atoms with van der Waals surface area (Å²) in [6.45, 7) is 10.7. The van der Waals surface area contributed by atoms with Crippen molar-refractivity contribution in [1.82, 2.24) is 0 Å². The Morgan fingerprint density at radius 3 is 1.41 bits per heavy atom. The van der Waals surface area contributed by atoms with Gasteiger partial charge >= 0.3 is 8.56 Å². The Balaban J connectivity index is 3.68. The van der Waals surface area contributed by atoms with E-state index in [-0.39, 0.29) is 0 Å². The van der Waals surface area contributed by atoms with E-state index in [0.717, 1.165) is 38.1 Å². The first-order chi connectivity index (χ1) is 14.2. The molecule has 0 atom stereocenters. The normalized spacial score (nSPS) is 11.4. The minimum absolute atomic E-state index is 0.896. The Morgan fingerprint density at radius 1 is 0.517 bits per heavy atom. The van der Waals surface area contributed by atoms with Crippen molar-refractivity contribution in [3.8, 4) is 11.8 Å². The van der Waals surface area contributed by atoms with Crippen LogP contribution in [0.1, 0.15) is 130 Å². The van der Waals surface area contributed by atoms with Crippen molar-refractivity contribution < 1.29 is 8.85 Å². The van der Waals surface area contributed by atoms with Crippen molar-refractivity contribution in [1.29, 1.82) is 0 Å². The van der Waals surface area contributed by atoms with Crippen LogP contribution >= 0.6 is 0 Å². The fourth-order valence-electron chi connectivity index (χ4n) is 3.69. The van der Waals surface area contributed by atoms with E-state index in [0.29, 0.717) is 0 Å². The molecule has 0 N–H and O–H groups in total. The maximum Gasteiger partial charge on any atom is 0.337 e. The van der Waals surface area contributed by atoms with Crippen molar-refractivity contribution >= 4 is 8.56 Å². The highest BCUT2D eigenvalue weighted by molar-refractivity contribution is 6.67. The lowest BCUT2D eigenvalue weighted by atomic mass is 10.1. The van der Waals surface area contributed by atoms with E-state index in [1.807, 2.05) is 0 Å². The van der Waals surface area contributed by atoms with Crippen LogP contribution in [0.5, 0.6) is 0 Å². The summed E-state index contributed by atoms with van der Waals surface area (Å²) >= 11 is 0. The smallest absolute Gasteiger partial charge is 0.337 e. The average Bonchev–Trinajstić information content (AvgIpc) is 2.75. The standard InChI is InChI=1S/C26H52O2Si/c1-5-9-11-13-15-17-18-20-22-24-26-28-29(7-3,8-4)27-25-23-21-19-16-14-12-10-6-2/h5-8,10,12-26H2,1-4H3. The van der Waals surface area contributed by atoms with Gasteiger partial charge in [-0.3, -0.25) is 0 Å². The minimum Gasteiger partial charge on any atom is -0.394 e. The highest BCUT2D eigenvalue weighted by Crippen LogP contribution is 2.20. The molecule has 3 heteroatoms. The first-order valence-corrected chi connectivity index (χ1v) is 15.2. The van der Waals surface area contributed by atoms with E-state index in [1.54, 1.807) is 0 Å². The molecule has 0 saturated carbocycles. The van der Waals surface area contributed by atoms with Crippen LogP contribution in [0.25, 0.3) is 0 Å². The molecule has 0 rings (SSSR count). The zero-order valence-corrected chi connectivity index (χ0v) is 21.5. The summed E-state index contributed by atoms with van der Waals surface area (Å²) in [5.41, 5.74) is 0. The van der Waals surface area contributed by atoms with Gasteiger partial charge in [-0.05, 0) is 31.4 Å². The highest BCUT2D eigenvalue weighted by Gasteiger charge is 2.33. The summed E-state index contributed by atoms with van der Waals surface area (Å²) in [5, 5.41) is 0. The molecule has 0 aromatic carbocycles. The molecule has 0 aliphatic carbocycles. The molecule has 2 nitrogen and oxygen atoms in total. The second-order valence-electron chi connectivity index (χ2n) is 8.37. The third-order valence-electron chi connectivity index (χ3n) is 5.80. The first-order valence-electron chi connectivity index (χ1n) is 13.0. The Hall–Kier alpha value is -0.303. The fourth-order valence-corrected chi connectivity index (χ4v) is 6.12. The van der Waals surface area contributed by atoms with Crippen LogP contribution in [0.3, 0.4) is 0 Å². The molecule has 172 valence electrons. The molecule has 29 heavy (non-hydrogen) atoms. The maximum atomic E-state index is 6.37. The lowest BCUT2D eigenvalue weighted by Crippen LogP contribution is -2.41. The van der Waals surface area contributed by atoms with Gasteiger partial charge in [-0.1, -0.05) is 98.3 Å². The summed E-state index contributed by atoms with van der Waals surface area (Å²) < 4.78 is 12.7. The van der Waals surface area contributed by atoms with Gasteiger partial charge in [0.1, 0.15) is 0 Å². The second kappa shape index (κ2) is 22.4. The predicted octanol–water partition coefficient (Wildman–Crippen LogP) is 8.79. The molecule has 0 heterocycles. The summed E-state index contributed by atoms with van der Waals surface area (Å²) in [5.74, 6) is 6.39. The van der Waals surface area contributed by atoms with Crippen LogP contribution in [0.15, 0.2) is 0 Å². The Morgan fingerprint density at radius 2 is 0.966 bits per heavy atom. The molecular formula is C26H52O2Si. The molecular weight excluding hydrogens is 372 g/mol. The SMILES string of the molecule is CCC#CCCCCCCCCO[Si](CC)(CC)OCCCCCCCCCC. The monoisotopic (exact) mass is 424 g/mol. The van der Waals surface area contributed by atoms with Crippen molar-refractivity contribution in [2.24, 2.45) is 0 Å². The summed E-state index contributed by atoms with van der Waals surface area (Å²) in [6.07, 6.45) is 20.6. The van der Waals surface area contributed by atoms with Gasteiger partial charge in [0.15, 0.2) is 0 Å². The number of hydrogen-bond acceptors (Lipinski definition) is 2. The van der Waals surface area contributed by atoms with Gasteiger partial charge < -0.3 is 8.85 Å². The van der Waals surface area contributed by atoms with Crippen LogP contribution in [0.2, 0.25) is 12.1 Å². The van der Waals surface area contributed by atoms with Crippen LogP contribution in [-0.2, 0) is 8.85 Å². The van der Waals surface area contributed by atoms with Crippen molar-refractivity contribution in [3.63, 3.8) is 0 Å². The number of hydrogen-bond donors (Lipinski definition) is 0. The summed E-state index contributed by atoms with van der Waals surface area (Å²) in [4.78, 5) is 0. The third kappa shape index (κ3) is 18.2. The Bertz CT molecular complexity index is 382. The van der Waals surface area contributed by atoms with Gasteiger partial charge in [-0.2, -0.15) is 0 Å². The molecule has 0 aliphatic heterocycles. The number of rotatable bonds is 21. The maximum absolute atomic E-state index is 6.37. The molecule has 0 bridgehead atoms. The molecule has 0 saturated heterocycles. The van der Waals surface area contributed by atoms with E-state index in [4.69, 9.17) is 8.85 Å². The van der Waals surface area contributed by atoms with Crippen LogP contribution in [0.4, 0.5) is 0 Å². The zero-order valence-electron chi connectivity index (χ0n) is 20.5. The average molecular weight is 425 g/mol. The van der Waals surface area contributed by atoms with Gasteiger partial charge in [-0.15, -0.1) is 11.8 Å². The van der Waals surface area contributed by atoms with Crippen molar-refractivity contribution in [2.45, 2.75) is 143 Å². The molecule has 0 spiro atoms. The first kappa shape index (κ1) is 28.7. The van der Waals surface area contributed by atoms with Crippen molar-refractivity contribution in [2.75, 3.05) is 13.2 Å². The van der Waals surface area contributed by atoms with Gasteiger partial charge in [-0.25, -0.2) is 0 Å². The van der Waals surface area contributed by atoms with Crippen LogP contribution < -0.4 is 0 Å². The van der Waals surface area contributed by atoms with Crippen LogP contribution in [0, 0.1) is 11.8 Å². The lowest BCUT2D eigenvalue weighted by molar-refractivity contribution is 0.163. The molecule has 0 aromatic rings. The third-order valence-corrected chi connectivity index (χ3v) is 9.42. The molecule has 0 unspecified atom stereocenters. The summed E-state index contributed by atoms with van der Waals surface area (Å²) in [6, 6.07) is 2.17. The van der Waals surface area contributed by atoms with E-state index in [9.17, 15) is 0 Å². The molecule has 0 fully saturated rings. The van der Waals surface area contributed by atoms with Gasteiger partial charge in [0.25, 0.3) is 0 Å². The van der Waals surface area contributed by atoms with E-state index in [1.165, 1.54) is 89.9 Å². The van der Waals surface area contributed by atoms with E-state index < -0.39 is 8.56 Å². The molecule has 0 aliphatic rings. The summed E-state index contributed by atoms with van der Waals surface area (Å²) in [7, 11) is -1.94. The van der Waals surface area contributed by atoms with E-state index in [2.05, 4.69) is 39.5 Å². The quantitative estimate of drug-likeness (QED) is 0.104. The largest absolute Gasteiger partial charge is 0.394 e. The molecule has 0 radical (unpaired) electrons. The van der Waals surface area contributed by atoms with Gasteiger partial charge in [0, 0.05) is 26.1 Å². The van der Waals surface area contributed by atoms with Gasteiger partial charge in [0.05, 0.1) is 0 Å². The molecule has 0 aromatic heterocycles. The van der Waals surface area contributed by atoms with Crippen molar-refractivity contribution in [3.05, 3.63) is 0 Å².